The zero-order valence-electron chi connectivity index (χ0n) is 9.64. The molecular formula is C9H19N3O3S. The van der Waals surface area contributed by atoms with Crippen LogP contribution in [0.2, 0.25) is 0 Å². The number of rotatable bonds is 4. The number of nitrogens with two attached hydrogens (primary N) is 1. The van der Waals surface area contributed by atoms with Crippen LogP contribution in [0.5, 0.6) is 0 Å². The first-order valence-corrected chi connectivity index (χ1v) is 7.12. The Balaban J connectivity index is 2.70. The molecule has 0 aliphatic carbocycles. The van der Waals surface area contributed by atoms with Gasteiger partial charge in [0.05, 0.1) is 18.1 Å². The van der Waals surface area contributed by atoms with Gasteiger partial charge in [-0.25, -0.2) is 8.42 Å². The molecule has 3 N–H and O–H groups in total. The topological polar surface area (TPSA) is 92.5 Å². The summed E-state index contributed by atoms with van der Waals surface area (Å²) in [6.45, 7) is 2.70. The molecule has 6 nitrogen and oxygen atoms in total. The SMILES string of the molecule is CCN(CC(=O)NC)C1CS(=O)(=O)CC1N. The highest BCUT2D eigenvalue weighted by Gasteiger charge is 2.38. The number of amides is 1. The van der Waals surface area contributed by atoms with Crippen LogP contribution < -0.4 is 11.1 Å². The molecule has 0 radical (unpaired) electrons. The van der Waals surface area contributed by atoms with Crippen molar-refractivity contribution in [2.24, 2.45) is 5.73 Å². The highest BCUT2D eigenvalue weighted by Crippen LogP contribution is 2.16. The number of carbonyl (C=O) groups is 1. The lowest BCUT2D eigenvalue weighted by atomic mass is 10.1. The van der Waals surface area contributed by atoms with Crippen LogP contribution in [0.3, 0.4) is 0 Å². The second kappa shape index (κ2) is 5.11. The molecule has 1 rings (SSSR count). The molecule has 0 aromatic rings. The minimum atomic E-state index is -3.04. The maximum absolute atomic E-state index is 11.4. The quantitative estimate of drug-likeness (QED) is 0.612. The predicted octanol–water partition coefficient (Wildman–Crippen LogP) is -1.82. The van der Waals surface area contributed by atoms with Gasteiger partial charge in [-0.2, -0.15) is 0 Å². The summed E-state index contributed by atoms with van der Waals surface area (Å²) < 4.78 is 22.8. The summed E-state index contributed by atoms with van der Waals surface area (Å²) in [6.07, 6.45) is 0. The molecule has 16 heavy (non-hydrogen) atoms. The van der Waals surface area contributed by atoms with Crippen molar-refractivity contribution in [2.75, 3.05) is 31.6 Å². The van der Waals surface area contributed by atoms with E-state index in [1.807, 2.05) is 11.8 Å². The van der Waals surface area contributed by atoms with E-state index in [2.05, 4.69) is 5.32 Å². The summed E-state index contributed by atoms with van der Waals surface area (Å²) in [4.78, 5) is 13.1. The molecule has 1 aliphatic heterocycles. The average molecular weight is 249 g/mol. The zero-order chi connectivity index (χ0) is 12.3. The fraction of sp³-hybridized carbons (Fsp3) is 0.889. The van der Waals surface area contributed by atoms with Gasteiger partial charge in [-0.15, -0.1) is 0 Å². The number of likely N-dealkylation sites (N-methyl/N-ethyl adjacent to an activating group) is 2. The van der Waals surface area contributed by atoms with E-state index < -0.39 is 15.9 Å². The molecule has 1 saturated heterocycles. The van der Waals surface area contributed by atoms with Crippen molar-refractivity contribution in [3.63, 3.8) is 0 Å². The van der Waals surface area contributed by atoms with Crippen molar-refractivity contribution in [1.29, 1.82) is 0 Å². The fourth-order valence-electron chi connectivity index (χ4n) is 1.96. The maximum Gasteiger partial charge on any atom is 0.233 e. The number of nitrogens with one attached hydrogen (secondary N) is 1. The number of nitrogens with zero attached hydrogens (tertiary/aromatic N) is 1. The summed E-state index contributed by atoms with van der Waals surface area (Å²) in [7, 11) is -1.48. The monoisotopic (exact) mass is 249 g/mol. The van der Waals surface area contributed by atoms with Gasteiger partial charge in [0.25, 0.3) is 0 Å². The molecule has 1 fully saturated rings. The van der Waals surface area contributed by atoms with Gasteiger partial charge in [-0.3, -0.25) is 9.69 Å². The van der Waals surface area contributed by atoms with Crippen LogP contribution in [0.15, 0.2) is 0 Å². The Morgan fingerprint density at radius 3 is 2.50 bits per heavy atom. The molecule has 0 aromatic heterocycles. The molecule has 1 aliphatic rings. The van der Waals surface area contributed by atoms with Crippen molar-refractivity contribution >= 4 is 15.7 Å². The Morgan fingerprint density at radius 2 is 2.12 bits per heavy atom. The lowest BCUT2D eigenvalue weighted by Gasteiger charge is -2.28. The van der Waals surface area contributed by atoms with Crippen LogP contribution in [-0.4, -0.2) is 63.0 Å². The average Bonchev–Trinajstić information content (AvgIpc) is 2.48. The highest BCUT2D eigenvalue weighted by molar-refractivity contribution is 7.91. The molecule has 7 heteroatoms. The molecule has 94 valence electrons. The molecule has 1 amide bonds. The second-order valence-corrected chi connectivity index (χ2v) is 6.20. The third-order valence-electron chi connectivity index (χ3n) is 2.87. The van der Waals surface area contributed by atoms with E-state index in [1.54, 1.807) is 7.05 Å². The largest absolute Gasteiger partial charge is 0.358 e. The second-order valence-electron chi connectivity index (χ2n) is 4.04. The van der Waals surface area contributed by atoms with Gasteiger partial charge in [0.1, 0.15) is 0 Å². The predicted molar refractivity (Wildman–Crippen MR) is 61.7 cm³/mol. The van der Waals surface area contributed by atoms with Crippen LogP contribution in [0.1, 0.15) is 6.92 Å². The van der Waals surface area contributed by atoms with Crippen molar-refractivity contribution in [3.8, 4) is 0 Å². The van der Waals surface area contributed by atoms with Crippen LogP contribution in [0, 0.1) is 0 Å². The summed E-state index contributed by atoms with van der Waals surface area (Å²) in [5, 5.41) is 2.52. The summed E-state index contributed by atoms with van der Waals surface area (Å²) in [5.41, 5.74) is 5.80. The van der Waals surface area contributed by atoms with E-state index >= 15 is 0 Å². The Hall–Kier alpha value is -0.660. The van der Waals surface area contributed by atoms with E-state index in [1.165, 1.54) is 0 Å². The van der Waals surface area contributed by atoms with Gasteiger partial charge in [0.2, 0.25) is 5.91 Å². The normalized spacial score (nSPS) is 28.2. The summed E-state index contributed by atoms with van der Waals surface area (Å²) in [6, 6.07) is -0.637. The minimum Gasteiger partial charge on any atom is -0.358 e. The molecule has 0 spiro atoms. The standard InChI is InChI=1S/C9H19N3O3S/c1-3-12(4-9(13)11-2)8-6-16(14,15)5-7(8)10/h7-8H,3-6,10H2,1-2H3,(H,11,13). The number of sulfone groups is 1. The first-order chi connectivity index (χ1) is 7.39. The van der Waals surface area contributed by atoms with E-state index in [-0.39, 0.29) is 30.0 Å². The van der Waals surface area contributed by atoms with Gasteiger partial charge < -0.3 is 11.1 Å². The summed E-state index contributed by atoms with van der Waals surface area (Å²) >= 11 is 0. The third kappa shape index (κ3) is 3.16. The fourth-order valence-corrected chi connectivity index (χ4v) is 3.88. The molecule has 0 aromatic carbocycles. The smallest absolute Gasteiger partial charge is 0.233 e. The Labute approximate surface area is 96.1 Å². The number of hydrogen-bond acceptors (Lipinski definition) is 5. The van der Waals surface area contributed by atoms with Gasteiger partial charge in [-0.1, -0.05) is 6.92 Å². The molecule has 0 saturated carbocycles. The minimum absolute atomic E-state index is 0.0158. The van der Waals surface area contributed by atoms with Crippen LogP contribution in [0.4, 0.5) is 0 Å². The summed E-state index contributed by atoms with van der Waals surface area (Å²) in [5.74, 6) is -0.0562. The van der Waals surface area contributed by atoms with Gasteiger partial charge in [0, 0.05) is 19.1 Å². The lowest BCUT2D eigenvalue weighted by Crippen LogP contribution is -2.50. The van der Waals surface area contributed by atoms with Crippen molar-refractivity contribution in [3.05, 3.63) is 0 Å². The van der Waals surface area contributed by atoms with E-state index in [0.29, 0.717) is 6.54 Å². The van der Waals surface area contributed by atoms with Gasteiger partial charge in [-0.05, 0) is 6.54 Å². The van der Waals surface area contributed by atoms with Crippen LogP contribution in [-0.2, 0) is 14.6 Å². The first-order valence-electron chi connectivity index (χ1n) is 5.30. The maximum atomic E-state index is 11.4. The van der Waals surface area contributed by atoms with Crippen molar-refractivity contribution < 1.29 is 13.2 Å². The van der Waals surface area contributed by atoms with E-state index in [9.17, 15) is 13.2 Å². The van der Waals surface area contributed by atoms with Gasteiger partial charge >= 0.3 is 0 Å². The first kappa shape index (κ1) is 13.4. The van der Waals surface area contributed by atoms with Crippen molar-refractivity contribution in [2.45, 2.75) is 19.0 Å². The number of hydrogen-bond donors (Lipinski definition) is 2. The zero-order valence-corrected chi connectivity index (χ0v) is 10.5. The van der Waals surface area contributed by atoms with Gasteiger partial charge in [0.15, 0.2) is 9.84 Å². The highest BCUT2D eigenvalue weighted by atomic mass is 32.2. The molecule has 2 unspecified atom stereocenters. The van der Waals surface area contributed by atoms with Crippen LogP contribution in [0.25, 0.3) is 0 Å². The molecule has 0 bridgehead atoms. The van der Waals surface area contributed by atoms with E-state index in [4.69, 9.17) is 5.73 Å². The Bertz CT molecular complexity index is 355. The van der Waals surface area contributed by atoms with E-state index in [0.717, 1.165) is 0 Å². The molecule has 2 atom stereocenters. The molecular weight excluding hydrogens is 230 g/mol. The Kier molecular flexibility index (Phi) is 4.28. The lowest BCUT2D eigenvalue weighted by molar-refractivity contribution is -0.122. The van der Waals surface area contributed by atoms with Crippen LogP contribution >= 0.6 is 0 Å². The third-order valence-corrected chi connectivity index (χ3v) is 4.61. The Morgan fingerprint density at radius 1 is 1.50 bits per heavy atom. The molecule has 1 heterocycles. The number of carbonyl (C=O) groups excluding carboxylic acids is 1. The van der Waals surface area contributed by atoms with Crippen molar-refractivity contribution in [1.82, 2.24) is 10.2 Å².